The Hall–Kier alpha value is -2.57. The number of benzene rings is 1. The van der Waals surface area contributed by atoms with Gasteiger partial charge in [-0.1, -0.05) is 26.8 Å². The lowest BCUT2D eigenvalue weighted by atomic mass is 9.91. The molecule has 1 aromatic carbocycles. The Kier molecular flexibility index (Phi) is 6.46. The fourth-order valence-electron chi connectivity index (χ4n) is 3.22. The number of nitrogens with zero attached hydrogens (tertiary/aromatic N) is 1. The summed E-state index contributed by atoms with van der Waals surface area (Å²) >= 11 is 0. The van der Waals surface area contributed by atoms with Crippen LogP contribution in [-0.2, 0) is 16.1 Å². The zero-order valence-corrected chi connectivity index (χ0v) is 16.4. The Balaban J connectivity index is 1.98. The number of nitrogens with one attached hydrogen (secondary N) is 1. The molecule has 0 aromatic heterocycles. The SMILES string of the molecule is COc1ccc(CNC(=O)C2CCCN(C(=O)C(C)(C)C)C2)cc1C(=O)O. The van der Waals surface area contributed by atoms with Gasteiger partial charge in [-0.2, -0.15) is 0 Å². The standard InChI is InChI=1S/C20H28N2O5/c1-20(2,3)19(26)22-9-5-6-14(12-22)17(23)21-11-13-7-8-16(27-4)15(10-13)18(24)25/h7-8,10,14H,5-6,9,11-12H2,1-4H3,(H,21,23)(H,24,25). The molecule has 0 bridgehead atoms. The summed E-state index contributed by atoms with van der Waals surface area (Å²) in [6.45, 7) is 6.96. The van der Waals surface area contributed by atoms with Gasteiger partial charge in [-0.05, 0) is 30.5 Å². The third-order valence-corrected chi connectivity index (χ3v) is 4.68. The molecule has 1 atom stereocenters. The molecule has 2 N–H and O–H groups in total. The molecule has 0 aliphatic carbocycles. The van der Waals surface area contributed by atoms with Gasteiger partial charge in [-0.25, -0.2) is 4.79 Å². The van der Waals surface area contributed by atoms with E-state index in [1.807, 2.05) is 20.8 Å². The molecule has 0 radical (unpaired) electrons. The minimum Gasteiger partial charge on any atom is -0.496 e. The Bertz CT molecular complexity index is 724. The second-order valence-electron chi connectivity index (χ2n) is 7.90. The van der Waals surface area contributed by atoms with Crippen molar-refractivity contribution in [2.45, 2.75) is 40.2 Å². The summed E-state index contributed by atoms with van der Waals surface area (Å²) in [5.74, 6) is -1.11. The normalized spacial score (nSPS) is 17.3. The zero-order chi connectivity index (χ0) is 20.2. The number of ether oxygens (including phenoxy) is 1. The van der Waals surface area contributed by atoms with Crippen LogP contribution in [0.1, 0.15) is 49.5 Å². The van der Waals surface area contributed by atoms with Crippen molar-refractivity contribution in [1.29, 1.82) is 0 Å². The minimum absolute atomic E-state index is 0.0567. The lowest BCUT2D eigenvalue weighted by Gasteiger charge is -2.35. The number of rotatable bonds is 5. The Morgan fingerprint density at radius 3 is 2.59 bits per heavy atom. The molecule has 1 aliphatic heterocycles. The predicted octanol–water partition coefficient (Wildman–Crippen LogP) is 2.29. The molecule has 1 saturated heterocycles. The maximum Gasteiger partial charge on any atom is 0.339 e. The molecule has 148 valence electrons. The van der Waals surface area contributed by atoms with Crippen LogP contribution < -0.4 is 10.1 Å². The molecule has 1 unspecified atom stereocenters. The molecule has 1 aliphatic rings. The molecule has 0 saturated carbocycles. The van der Waals surface area contributed by atoms with Crippen molar-refractivity contribution < 1.29 is 24.2 Å². The number of methoxy groups -OCH3 is 1. The third kappa shape index (κ3) is 5.21. The van der Waals surface area contributed by atoms with Crippen molar-refractivity contribution in [3.05, 3.63) is 29.3 Å². The highest BCUT2D eigenvalue weighted by Crippen LogP contribution is 2.24. The van der Waals surface area contributed by atoms with Crippen molar-refractivity contribution >= 4 is 17.8 Å². The smallest absolute Gasteiger partial charge is 0.339 e. The van der Waals surface area contributed by atoms with E-state index in [4.69, 9.17) is 4.74 Å². The van der Waals surface area contributed by atoms with Crippen LogP contribution in [0.15, 0.2) is 18.2 Å². The highest BCUT2D eigenvalue weighted by atomic mass is 16.5. The van der Waals surface area contributed by atoms with Crippen molar-refractivity contribution in [3.63, 3.8) is 0 Å². The van der Waals surface area contributed by atoms with Gasteiger partial charge in [0.2, 0.25) is 11.8 Å². The molecule has 0 spiro atoms. The highest BCUT2D eigenvalue weighted by Gasteiger charge is 2.33. The monoisotopic (exact) mass is 376 g/mol. The molecular formula is C20H28N2O5. The van der Waals surface area contributed by atoms with Crippen molar-refractivity contribution in [2.75, 3.05) is 20.2 Å². The predicted molar refractivity (Wildman–Crippen MR) is 101 cm³/mol. The van der Waals surface area contributed by atoms with Crippen LogP contribution in [0.2, 0.25) is 0 Å². The lowest BCUT2D eigenvalue weighted by Crippen LogP contribution is -2.48. The maximum absolute atomic E-state index is 12.5. The molecule has 7 nitrogen and oxygen atoms in total. The van der Waals surface area contributed by atoms with Crippen LogP contribution in [0, 0.1) is 11.3 Å². The summed E-state index contributed by atoms with van der Waals surface area (Å²) in [5.41, 5.74) is 0.276. The first-order valence-corrected chi connectivity index (χ1v) is 9.10. The first kappa shape index (κ1) is 20.7. The van der Waals surface area contributed by atoms with E-state index >= 15 is 0 Å². The number of piperidine rings is 1. The van der Waals surface area contributed by atoms with E-state index in [1.165, 1.54) is 13.2 Å². The van der Waals surface area contributed by atoms with E-state index in [0.717, 1.165) is 12.8 Å². The molecule has 7 heteroatoms. The third-order valence-electron chi connectivity index (χ3n) is 4.68. The number of carboxylic acid groups (broad SMARTS) is 1. The van der Waals surface area contributed by atoms with E-state index in [-0.39, 0.29) is 35.6 Å². The number of hydrogen-bond donors (Lipinski definition) is 2. The van der Waals surface area contributed by atoms with Gasteiger partial charge in [0.15, 0.2) is 0 Å². The van der Waals surface area contributed by atoms with Gasteiger partial charge in [-0.15, -0.1) is 0 Å². The summed E-state index contributed by atoms with van der Waals surface area (Å²) in [6.07, 6.45) is 1.54. The number of carboxylic acids is 1. The van der Waals surface area contributed by atoms with Crippen LogP contribution >= 0.6 is 0 Å². The van der Waals surface area contributed by atoms with Gasteiger partial charge < -0.3 is 20.1 Å². The van der Waals surface area contributed by atoms with Crippen LogP contribution in [-0.4, -0.2) is 48.0 Å². The summed E-state index contributed by atoms with van der Waals surface area (Å²) in [4.78, 5) is 38.1. The van der Waals surface area contributed by atoms with Crippen molar-refractivity contribution in [2.24, 2.45) is 11.3 Å². The van der Waals surface area contributed by atoms with Gasteiger partial charge in [0, 0.05) is 25.0 Å². The Morgan fingerprint density at radius 1 is 1.30 bits per heavy atom. The van der Waals surface area contributed by atoms with Gasteiger partial charge in [0.25, 0.3) is 0 Å². The average molecular weight is 376 g/mol. The quantitative estimate of drug-likeness (QED) is 0.822. The van der Waals surface area contributed by atoms with Crippen molar-refractivity contribution in [1.82, 2.24) is 10.2 Å². The van der Waals surface area contributed by atoms with E-state index in [1.54, 1.807) is 17.0 Å². The number of likely N-dealkylation sites (tertiary alicyclic amines) is 1. The molecule has 2 amide bonds. The van der Waals surface area contributed by atoms with Crippen LogP contribution in [0.4, 0.5) is 0 Å². The fraction of sp³-hybridized carbons (Fsp3) is 0.550. The van der Waals surface area contributed by atoms with Gasteiger partial charge in [-0.3, -0.25) is 9.59 Å². The summed E-state index contributed by atoms with van der Waals surface area (Å²) in [7, 11) is 1.41. The average Bonchev–Trinajstić information content (AvgIpc) is 2.64. The summed E-state index contributed by atoms with van der Waals surface area (Å²) < 4.78 is 5.04. The maximum atomic E-state index is 12.5. The van der Waals surface area contributed by atoms with Crippen LogP contribution in [0.25, 0.3) is 0 Å². The summed E-state index contributed by atoms with van der Waals surface area (Å²) in [5, 5.41) is 12.1. The second-order valence-corrected chi connectivity index (χ2v) is 7.90. The number of carbonyl (C=O) groups is 3. The van der Waals surface area contributed by atoms with Crippen LogP contribution in [0.5, 0.6) is 5.75 Å². The second kappa shape index (κ2) is 8.41. The highest BCUT2D eigenvalue weighted by molar-refractivity contribution is 5.91. The van der Waals surface area contributed by atoms with E-state index in [2.05, 4.69) is 5.32 Å². The number of aromatic carboxylic acids is 1. The topological polar surface area (TPSA) is 95.9 Å². The molecular weight excluding hydrogens is 348 g/mol. The number of amides is 2. The minimum atomic E-state index is -1.08. The van der Waals surface area contributed by atoms with Gasteiger partial charge >= 0.3 is 5.97 Å². The summed E-state index contributed by atoms with van der Waals surface area (Å²) in [6, 6.07) is 4.80. The molecule has 1 fully saturated rings. The Morgan fingerprint density at radius 2 is 2.00 bits per heavy atom. The first-order chi connectivity index (χ1) is 12.6. The molecule has 27 heavy (non-hydrogen) atoms. The molecule has 2 rings (SSSR count). The zero-order valence-electron chi connectivity index (χ0n) is 16.4. The van der Waals surface area contributed by atoms with Gasteiger partial charge in [0.05, 0.1) is 13.0 Å². The number of hydrogen-bond acceptors (Lipinski definition) is 4. The molecule has 1 heterocycles. The van der Waals surface area contributed by atoms with E-state index in [0.29, 0.717) is 18.7 Å². The molecule has 1 aromatic rings. The largest absolute Gasteiger partial charge is 0.496 e. The first-order valence-electron chi connectivity index (χ1n) is 9.10. The Labute approximate surface area is 159 Å². The van der Waals surface area contributed by atoms with Crippen LogP contribution in [0.3, 0.4) is 0 Å². The van der Waals surface area contributed by atoms with E-state index in [9.17, 15) is 19.5 Å². The lowest BCUT2D eigenvalue weighted by molar-refractivity contribution is -0.142. The van der Waals surface area contributed by atoms with Gasteiger partial charge in [0.1, 0.15) is 11.3 Å². The fourth-order valence-corrected chi connectivity index (χ4v) is 3.22. The van der Waals surface area contributed by atoms with Crippen molar-refractivity contribution in [3.8, 4) is 5.75 Å². The number of carbonyl (C=O) groups excluding carboxylic acids is 2. The van der Waals surface area contributed by atoms with E-state index < -0.39 is 11.4 Å².